The topological polar surface area (TPSA) is 30.2 Å². The van der Waals surface area contributed by atoms with Crippen molar-refractivity contribution in [2.24, 2.45) is 0 Å². The second kappa shape index (κ2) is 4.52. The summed E-state index contributed by atoms with van der Waals surface area (Å²) in [5.41, 5.74) is 1.32. The fourth-order valence-corrected chi connectivity index (χ4v) is 2.23. The molecule has 0 atom stereocenters. The Hall–Kier alpha value is -2.13. The van der Waals surface area contributed by atoms with Gasteiger partial charge >= 0.3 is 0 Å². The van der Waals surface area contributed by atoms with Crippen LogP contribution in [-0.4, -0.2) is 6.29 Å². The number of furan rings is 1. The fraction of sp³-hybridized carbons (Fsp3) is 0. The number of fused-ring (bicyclic) bond motifs is 1. The van der Waals surface area contributed by atoms with E-state index in [2.05, 4.69) is 0 Å². The molecular weight excluding hydrogens is 267 g/mol. The van der Waals surface area contributed by atoms with Gasteiger partial charge in [-0.1, -0.05) is 23.7 Å². The Morgan fingerprint density at radius 1 is 1.16 bits per heavy atom. The summed E-state index contributed by atoms with van der Waals surface area (Å²) in [4.78, 5) is 11.0. The average molecular weight is 275 g/mol. The number of hydrogen-bond donors (Lipinski definition) is 0. The van der Waals surface area contributed by atoms with Crippen molar-refractivity contribution in [3.8, 4) is 11.3 Å². The van der Waals surface area contributed by atoms with Gasteiger partial charge in [0.05, 0.1) is 5.02 Å². The molecule has 0 fully saturated rings. The normalized spacial score (nSPS) is 10.8. The van der Waals surface area contributed by atoms with Crippen molar-refractivity contribution in [2.45, 2.75) is 0 Å². The van der Waals surface area contributed by atoms with Crippen molar-refractivity contribution >= 4 is 28.9 Å². The van der Waals surface area contributed by atoms with Crippen molar-refractivity contribution in [1.29, 1.82) is 0 Å². The number of rotatable bonds is 2. The molecule has 0 saturated carbocycles. The van der Waals surface area contributed by atoms with E-state index in [0.717, 1.165) is 5.39 Å². The molecule has 1 heterocycles. The minimum atomic E-state index is -0.424. The summed E-state index contributed by atoms with van der Waals surface area (Å²) in [5, 5.41) is 1.29. The molecular formula is C15H8ClFO2. The van der Waals surface area contributed by atoms with Gasteiger partial charge in [0.1, 0.15) is 11.6 Å². The minimum Gasteiger partial charge on any atom is -0.454 e. The van der Waals surface area contributed by atoms with Gasteiger partial charge in [0.25, 0.3) is 0 Å². The molecule has 2 nitrogen and oxygen atoms in total. The second-order valence-corrected chi connectivity index (χ2v) is 4.53. The molecule has 3 rings (SSSR count). The number of carbonyl (C=O) groups excluding carboxylic acids is 1. The van der Waals surface area contributed by atoms with E-state index in [1.165, 1.54) is 18.2 Å². The van der Waals surface area contributed by atoms with Crippen LogP contribution in [0.4, 0.5) is 4.39 Å². The number of halogens is 2. The summed E-state index contributed by atoms with van der Waals surface area (Å²) >= 11 is 6.03. The highest BCUT2D eigenvalue weighted by Gasteiger charge is 2.12. The third-order valence-electron chi connectivity index (χ3n) is 2.90. The molecule has 0 unspecified atom stereocenters. The van der Waals surface area contributed by atoms with Gasteiger partial charge in [-0.15, -0.1) is 0 Å². The van der Waals surface area contributed by atoms with E-state index in [4.69, 9.17) is 16.0 Å². The summed E-state index contributed by atoms with van der Waals surface area (Å²) in [5.74, 6) is -0.00291. The molecule has 0 N–H and O–H groups in total. The predicted octanol–water partition coefficient (Wildman–Crippen LogP) is 4.70. The molecule has 0 aliphatic rings. The van der Waals surface area contributed by atoms with Crippen molar-refractivity contribution in [1.82, 2.24) is 0 Å². The Morgan fingerprint density at radius 3 is 2.74 bits per heavy atom. The maximum Gasteiger partial charge on any atom is 0.153 e. The highest BCUT2D eigenvalue weighted by Crippen LogP contribution is 2.33. The zero-order chi connectivity index (χ0) is 13.4. The van der Waals surface area contributed by atoms with Crippen LogP contribution in [0.3, 0.4) is 0 Å². The molecule has 2 aromatic carbocycles. The summed E-state index contributed by atoms with van der Waals surface area (Å²) in [7, 11) is 0. The maximum absolute atomic E-state index is 13.3. The van der Waals surface area contributed by atoms with Crippen LogP contribution >= 0.6 is 11.6 Å². The van der Waals surface area contributed by atoms with Gasteiger partial charge in [-0.3, -0.25) is 4.79 Å². The first-order chi connectivity index (χ1) is 9.19. The predicted molar refractivity (Wildman–Crippen MR) is 72.0 cm³/mol. The van der Waals surface area contributed by atoms with Crippen LogP contribution in [0.25, 0.3) is 22.3 Å². The van der Waals surface area contributed by atoms with Crippen molar-refractivity contribution < 1.29 is 13.6 Å². The van der Waals surface area contributed by atoms with Crippen LogP contribution in [0.5, 0.6) is 0 Å². The van der Waals surface area contributed by atoms with Crippen LogP contribution in [0.1, 0.15) is 10.4 Å². The average Bonchev–Trinajstić information content (AvgIpc) is 2.84. The Kier molecular flexibility index (Phi) is 2.84. The number of para-hydroxylation sites is 1. The number of hydrogen-bond acceptors (Lipinski definition) is 2. The standard InChI is InChI=1S/C15H8ClFO2/c16-13-3-1-2-9-6-14(19-15(9)13)12-7-11(17)5-4-10(12)8-18/h1-8H. The minimum absolute atomic E-state index is 0.372. The summed E-state index contributed by atoms with van der Waals surface area (Å²) < 4.78 is 18.9. The van der Waals surface area contributed by atoms with Gasteiger partial charge in [0, 0.05) is 16.5 Å². The fourth-order valence-electron chi connectivity index (χ4n) is 2.00. The van der Waals surface area contributed by atoms with Crippen LogP contribution in [0, 0.1) is 5.82 Å². The second-order valence-electron chi connectivity index (χ2n) is 4.12. The van der Waals surface area contributed by atoms with E-state index in [0.29, 0.717) is 33.8 Å². The summed E-state index contributed by atoms with van der Waals surface area (Å²) in [6.07, 6.45) is 0.670. The van der Waals surface area contributed by atoms with Gasteiger partial charge in [-0.2, -0.15) is 0 Å². The smallest absolute Gasteiger partial charge is 0.153 e. The Labute approximate surface area is 113 Å². The van der Waals surface area contributed by atoms with E-state index in [-0.39, 0.29) is 0 Å². The first-order valence-corrected chi connectivity index (χ1v) is 6.00. The monoisotopic (exact) mass is 274 g/mol. The van der Waals surface area contributed by atoms with Crippen molar-refractivity contribution in [3.05, 3.63) is 58.9 Å². The van der Waals surface area contributed by atoms with E-state index in [1.54, 1.807) is 18.2 Å². The molecule has 0 radical (unpaired) electrons. The molecule has 0 aliphatic carbocycles. The molecule has 0 bridgehead atoms. The van der Waals surface area contributed by atoms with E-state index >= 15 is 0 Å². The lowest BCUT2D eigenvalue weighted by molar-refractivity contribution is 0.112. The van der Waals surface area contributed by atoms with Gasteiger partial charge < -0.3 is 4.42 Å². The highest BCUT2D eigenvalue weighted by molar-refractivity contribution is 6.34. The number of aldehydes is 1. The first kappa shape index (κ1) is 11.9. The lowest BCUT2D eigenvalue weighted by atomic mass is 10.1. The molecule has 4 heteroatoms. The van der Waals surface area contributed by atoms with Gasteiger partial charge in [0.15, 0.2) is 11.9 Å². The number of benzene rings is 2. The van der Waals surface area contributed by atoms with Gasteiger partial charge in [-0.25, -0.2) is 4.39 Å². The van der Waals surface area contributed by atoms with Crippen LogP contribution in [0.2, 0.25) is 5.02 Å². The zero-order valence-corrected chi connectivity index (χ0v) is 10.4. The SMILES string of the molecule is O=Cc1ccc(F)cc1-c1cc2cccc(Cl)c2o1. The lowest BCUT2D eigenvalue weighted by Crippen LogP contribution is -1.87. The molecule has 19 heavy (non-hydrogen) atoms. The van der Waals surface area contributed by atoms with E-state index < -0.39 is 5.82 Å². The zero-order valence-electron chi connectivity index (χ0n) is 9.69. The third kappa shape index (κ3) is 2.02. The molecule has 0 aliphatic heterocycles. The van der Waals surface area contributed by atoms with Crippen LogP contribution in [-0.2, 0) is 0 Å². The van der Waals surface area contributed by atoms with Crippen LogP contribution < -0.4 is 0 Å². The van der Waals surface area contributed by atoms with E-state index in [9.17, 15) is 9.18 Å². The largest absolute Gasteiger partial charge is 0.454 e. The molecule has 0 spiro atoms. The Morgan fingerprint density at radius 2 is 2.00 bits per heavy atom. The van der Waals surface area contributed by atoms with Crippen molar-refractivity contribution in [3.63, 3.8) is 0 Å². The van der Waals surface area contributed by atoms with Crippen molar-refractivity contribution in [2.75, 3.05) is 0 Å². The maximum atomic E-state index is 13.3. The lowest BCUT2D eigenvalue weighted by Gasteiger charge is -2.00. The summed E-state index contributed by atoms with van der Waals surface area (Å²) in [6.45, 7) is 0. The van der Waals surface area contributed by atoms with Gasteiger partial charge in [0.2, 0.25) is 0 Å². The quantitative estimate of drug-likeness (QED) is 0.634. The van der Waals surface area contributed by atoms with E-state index in [1.807, 2.05) is 6.07 Å². The number of carbonyl (C=O) groups is 1. The first-order valence-electron chi connectivity index (χ1n) is 5.62. The molecule has 3 aromatic rings. The van der Waals surface area contributed by atoms with Gasteiger partial charge in [-0.05, 0) is 30.3 Å². The Balaban J connectivity index is 2.27. The molecule has 94 valence electrons. The molecule has 0 saturated heterocycles. The summed E-state index contributed by atoms with van der Waals surface area (Å²) in [6, 6.07) is 11.0. The highest BCUT2D eigenvalue weighted by atomic mass is 35.5. The molecule has 1 aromatic heterocycles. The van der Waals surface area contributed by atoms with Crippen LogP contribution in [0.15, 0.2) is 46.9 Å². The Bertz CT molecular complexity index is 777. The third-order valence-corrected chi connectivity index (χ3v) is 3.20. The molecule has 0 amide bonds.